The molecule has 0 fully saturated rings. The SMILES string of the molecule is C=CC(/C=C\CC)NC1=C(N)C=CCCC1. The van der Waals surface area contributed by atoms with Gasteiger partial charge in [-0.2, -0.15) is 0 Å². The Morgan fingerprint density at radius 2 is 2.44 bits per heavy atom. The largest absolute Gasteiger partial charge is 0.397 e. The molecule has 0 bridgehead atoms. The molecule has 1 aliphatic rings. The summed E-state index contributed by atoms with van der Waals surface area (Å²) in [7, 11) is 0. The second-order valence-electron chi connectivity index (χ2n) is 3.97. The molecular weight excluding hydrogens is 196 g/mol. The Kier molecular flexibility index (Phi) is 5.48. The van der Waals surface area contributed by atoms with E-state index in [0.29, 0.717) is 0 Å². The summed E-state index contributed by atoms with van der Waals surface area (Å²) in [5, 5.41) is 3.43. The molecule has 16 heavy (non-hydrogen) atoms. The summed E-state index contributed by atoms with van der Waals surface area (Å²) in [4.78, 5) is 0. The average Bonchev–Trinajstić information content (AvgIpc) is 2.50. The Labute approximate surface area is 98.6 Å². The van der Waals surface area contributed by atoms with Gasteiger partial charge in [-0.1, -0.05) is 31.2 Å². The minimum atomic E-state index is 0.181. The van der Waals surface area contributed by atoms with E-state index in [-0.39, 0.29) is 6.04 Å². The first-order chi connectivity index (χ1) is 7.77. The van der Waals surface area contributed by atoms with Crippen molar-refractivity contribution in [3.8, 4) is 0 Å². The summed E-state index contributed by atoms with van der Waals surface area (Å²) in [6.45, 7) is 5.96. The highest BCUT2D eigenvalue weighted by atomic mass is 14.9. The molecule has 1 rings (SSSR count). The second-order valence-corrected chi connectivity index (χ2v) is 3.97. The van der Waals surface area contributed by atoms with E-state index >= 15 is 0 Å². The molecule has 1 aliphatic carbocycles. The molecule has 1 unspecified atom stereocenters. The highest BCUT2D eigenvalue weighted by molar-refractivity contribution is 5.25. The molecule has 2 heteroatoms. The second kappa shape index (κ2) is 6.94. The van der Waals surface area contributed by atoms with Crippen LogP contribution < -0.4 is 11.1 Å². The Morgan fingerprint density at radius 1 is 1.62 bits per heavy atom. The van der Waals surface area contributed by atoms with Gasteiger partial charge in [0.15, 0.2) is 0 Å². The average molecular weight is 218 g/mol. The van der Waals surface area contributed by atoms with Crippen molar-refractivity contribution in [3.05, 3.63) is 48.4 Å². The molecule has 88 valence electrons. The zero-order valence-corrected chi connectivity index (χ0v) is 10.1. The standard InChI is InChI=1S/C14H22N2/c1-3-5-9-12(4-2)16-14-11-8-6-7-10-13(14)15/h4-5,7,9-10,12,16H,2-3,6,8,11,15H2,1H3/b9-5-. The van der Waals surface area contributed by atoms with Crippen LogP contribution in [-0.2, 0) is 0 Å². The van der Waals surface area contributed by atoms with Crippen LogP contribution in [-0.4, -0.2) is 6.04 Å². The van der Waals surface area contributed by atoms with E-state index < -0.39 is 0 Å². The Bertz CT molecular complexity index is 311. The van der Waals surface area contributed by atoms with E-state index in [0.717, 1.165) is 37.1 Å². The van der Waals surface area contributed by atoms with Crippen molar-refractivity contribution in [2.75, 3.05) is 0 Å². The van der Waals surface area contributed by atoms with E-state index in [9.17, 15) is 0 Å². The number of nitrogens with two attached hydrogens (primary N) is 1. The summed E-state index contributed by atoms with van der Waals surface area (Å²) < 4.78 is 0. The van der Waals surface area contributed by atoms with Crippen molar-refractivity contribution in [2.24, 2.45) is 5.73 Å². The summed E-state index contributed by atoms with van der Waals surface area (Å²) in [6, 6.07) is 0.181. The van der Waals surface area contributed by atoms with Crippen molar-refractivity contribution in [3.63, 3.8) is 0 Å². The lowest BCUT2D eigenvalue weighted by Crippen LogP contribution is -2.26. The van der Waals surface area contributed by atoms with Crippen LogP contribution in [0.15, 0.2) is 48.4 Å². The summed E-state index contributed by atoms with van der Waals surface area (Å²) in [5.41, 5.74) is 7.98. The molecule has 0 aromatic heterocycles. The molecular formula is C14H22N2. The first-order valence-corrected chi connectivity index (χ1v) is 5.98. The molecule has 0 radical (unpaired) electrons. The molecule has 3 N–H and O–H groups in total. The molecule has 0 saturated heterocycles. The highest BCUT2D eigenvalue weighted by Gasteiger charge is 2.07. The van der Waals surface area contributed by atoms with Crippen molar-refractivity contribution < 1.29 is 0 Å². The number of hydrogen-bond donors (Lipinski definition) is 2. The molecule has 0 spiro atoms. The van der Waals surface area contributed by atoms with Gasteiger partial charge in [-0.15, -0.1) is 6.58 Å². The normalized spacial score (nSPS) is 18.6. The van der Waals surface area contributed by atoms with Crippen LogP contribution in [0.1, 0.15) is 32.6 Å². The van der Waals surface area contributed by atoms with Gasteiger partial charge in [0, 0.05) is 5.70 Å². The van der Waals surface area contributed by atoms with Crippen molar-refractivity contribution >= 4 is 0 Å². The molecule has 0 amide bonds. The quantitative estimate of drug-likeness (QED) is 0.696. The Morgan fingerprint density at radius 3 is 3.12 bits per heavy atom. The fourth-order valence-electron chi connectivity index (χ4n) is 1.68. The zero-order chi connectivity index (χ0) is 11.8. The zero-order valence-electron chi connectivity index (χ0n) is 10.1. The lowest BCUT2D eigenvalue weighted by Gasteiger charge is -2.16. The first-order valence-electron chi connectivity index (χ1n) is 5.98. The minimum absolute atomic E-state index is 0.181. The topological polar surface area (TPSA) is 38.0 Å². The number of rotatable bonds is 5. The van der Waals surface area contributed by atoms with Gasteiger partial charge in [0.05, 0.1) is 11.7 Å². The molecule has 1 atom stereocenters. The van der Waals surface area contributed by atoms with Gasteiger partial charge in [-0.05, 0) is 31.8 Å². The number of allylic oxidation sites excluding steroid dienone is 4. The van der Waals surface area contributed by atoms with E-state index in [1.54, 1.807) is 0 Å². The molecule has 0 aliphatic heterocycles. The molecule has 2 nitrogen and oxygen atoms in total. The fraction of sp³-hybridized carbons (Fsp3) is 0.429. The van der Waals surface area contributed by atoms with Gasteiger partial charge < -0.3 is 11.1 Å². The smallest absolute Gasteiger partial charge is 0.0623 e. The maximum atomic E-state index is 5.98. The lowest BCUT2D eigenvalue weighted by atomic mass is 10.1. The van der Waals surface area contributed by atoms with Crippen LogP contribution in [0.2, 0.25) is 0 Å². The minimum Gasteiger partial charge on any atom is -0.397 e. The van der Waals surface area contributed by atoms with Crippen LogP contribution in [0.4, 0.5) is 0 Å². The summed E-state index contributed by atoms with van der Waals surface area (Å²) in [5.74, 6) is 0. The number of nitrogens with one attached hydrogen (secondary N) is 1. The molecule has 0 aromatic carbocycles. The van der Waals surface area contributed by atoms with Crippen molar-refractivity contribution in [1.29, 1.82) is 0 Å². The molecule has 0 heterocycles. The monoisotopic (exact) mass is 218 g/mol. The van der Waals surface area contributed by atoms with Crippen molar-refractivity contribution in [2.45, 2.75) is 38.6 Å². The van der Waals surface area contributed by atoms with Crippen LogP contribution in [0.5, 0.6) is 0 Å². The molecule has 0 aromatic rings. The van der Waals surface area contributed by atoms with Gasteiger partial charge in [0.25, 0.3) is 0 Å². The maximum absolute atomic E-state index is 5.98. The van der Waals surface area contributed by atoms with Crippen molar-refractivity contribution in [1.82, 2.24) is 5.32 Å². The van der Waals surface area contributed by atoms with E-state index in [1.807, 2.05) is 12.2 Å². The first kappa shape index (κ1) is 12.6. The predicted molar refractivity (Wildman–Crippen MR) is 70.8 cm³/mol. The van der Waals surface area contributed by atoms with Crippen LogP contribution in [0, 0.1) is 0 Å². The molecule has 0 saturated carbocycles. The van der Waals surface area contributed by atoms with Crippen LogP contribution in [0.3, 0.4) is 0 Å². The van der Waals surface area contributed by atoms with Crippen LogP contribution >= 0.6 is 0 Å². The fourth-order valence-corrected chi connectivity index (χ4v) is 1.68. The third-order valence-corrected chi connectivity index (χ3v) is 2.62. The van der Waals surface area contributed by atoms with Gasteiger partial charge >= 0.3 is 0 Å². The van der Waals surface area contributed by atoms with E-state index in [4.69, 9.17) is 5.73 Å². The van der Waals surface area contributed by atoms with Gasteiger partial charge in [0.1, 0.15) is 0 Å². The third kappa shape index (κ3) is 3.97. The predicted octanol–water partition coefficient (Wildman–Crippen LogP) is 3.01. The third-order valence-electron chi connectivity index (χ3n) is 2.62. The highest BCUT2D eigenvalue weighted by Crippen LogP contribution is 2.14. The van der Waals surface area contributed by atoms with Gasteiger partial charge in [-0.25, -0.2) is 0 Å². The summed E-state index contributed by atoms with van der Waals surface area (Å²) >= 11 is 0. The lowest BCUT2D eigenvalue weighted by molar-refractivity contribution is 0.700. The number of hydrogen-bond acceptors (Lipinski definition) is 2. The van der Waals surface area contributed by atoms with Crippen LogP contribution in [0.25, 0.3) is 0 Å². The maximum Gasteiger partial charge on any atom is 0.0623 e. The van der Waals surface area contributed by atoms with Gasteiger partial charge in [0.2, 0.25) is 0 Å². The van der Waals surface area contributed by atoms with E-state index in [2.05, 4.69) is 37.0 Å². The Balaban J connectivity index is 2.66. The summed E-state index contributed by atoms with van der Waals surface area (Å²) in [6.07, 6.45) is 14.6. The van der Waals surface area contributed by atoms with E-state index in [1.165, 1.54) is 0 Å². The van der Waals surface area contributed by atoms with Gasteiger partial charge in [-0.3, -0.25) is 0 Å². The Hall–Kier alpha value is -1.44.